The number of quaternary nitrogens is 1. The van der Waals surface area contributed by atoms with Gasteiger partial charge in [0.25, 0.3) is 0 Å². The van der Waals surface area contributed by atoms with E-state index in [1.165, 1.54) is 32.1 Å². The third kappa shape index (κ3) is 41.4. The van der Waals surface area contributed by atoms with Crippen LogP contribution in [0.15, 0.2) is 97.2 Å². The van der Waals surface area contributed by atoms with E-state index in [9.17, 15) is 19.5 Å². The minimum Gasteiger partial charge on any atom is -0.544 e. The summed E-state index contributed by atoms with van der Waals surface area (Å²) >= 11 is 0. The number of rotatable bonds is 41. The van der Waals surface area contributed by atoms with E-state index in [2.05, 4.69) is 111 Å². The summed E-state index contributed by atoms with van der Waals surface area (Å²) in [5.41, 5.74) is 0. The van der Waals surface area contributed by atoms with Crippen LogP contribution in [0.25, 0.3) is 0 Å². The van der Waals surface area contributed by atoms with Crippen LogP contribution in [0.3, 0.4) is 0 Å². The van der Waals surface area contributed by atoms with Crippen LogP contribution in [0.1, 0.15) is 168 Å². The van der Waals surface area contributed by atoms with Crippen molar-refractivity contribution in [3.8, 4) is 0 Å². The van der Waals surface area contributed by atoms with Gasteiger partial charge in [0, 0.05) is 19.3 Å². The second-order valence-corrected chi connectivity index (χ2v) is 16.6. The molecule has 0 heterocycles. The zero-order chi connectivity index (χ0) is 44.9. The summed E-state index contributed by atoms with van der Waals surface area (Å²) in [6.07, 6.45) is 57.1. The maximum absolute atomic E-state index is 12.7. The van der Waals surface area contributed by atoms with E-state index in [4.69, 9.17) is 14.2 Å². The third-order valence-electron chi connectivity index (χ3n) is 9.98. The predicted octanol–water partition coefficient (Wildman–Crippen LogP) is 12.1. The standard InChI is InChI=1S/C53H87NO7/c1-6-8-10-12-14-16-18-20-22-23-24-25-26-27-28-30-31-33-35-37-39-41-43-51(55)60-48-49(47-59-46-45-50(53(57)58)54(3,4)5)61-52(56)44-42-40-38-36-34-32-29-21-19-17-15-13-11-9-7-2/h8,10,14-17,19-22,24-25,27-28,31,33,49-50H,6-7,9,11-13,18,23,26,29-30,32,34-48H2,1-5H3/b10-8+,16-14+,17-15+,21-19+,22-20+,25-24+,28-27+,33-31+. The number of carbonyl (C=O) groups is 3. The van der Waals surface area contributed by atoms with Crippen LogP contribution in [0.5, 0.6) is 0 Å². The van der Waals surface area contributed by atoms with E-state index >= 15 is 0 Å². The molecule has 0 aromatic heterocycles. The first-order chi connectivity index (χ1) is 29.6. The topological polar surface area (TPSA) is 102 Å². The fourth-order valence-electron chi connectivity index (χ4n) is 6.30. The van der Waals surface area contributed by atoms with Crippen molar-refractivity contribution in [1.29, 1.82) is 0 Å². The maximum atomic E-state index is 12.7. The van der Waals surface area contributed by atoms with Gasteiger partial charge in [0.05, 0.1) is 40.3 Å². The van der Waals surface area contributed by atoms with Gasteiger partial charge in [-0.15, -0.1) is 0 Å². The van der Waals surface area contributed by atoms with Gasteiger partial charge in [-0.25, -0.2) is 0 Å². The second kappa shape index (κ2) is 42.9. The predicted molar refractivity (Wildman–Crippen MR) is 254 cm³/mol. The molecule has 0 aliphatic rings. The van der Waals surface area contributed by atoms with Crippen LogP contribution in [-0.2, 0) is 28.6 Å². The summed E-state index contributed by atoms with van der Waals surface area (Å²) in [5.74, 6) is -1.81. The molecule has 0 radical (unpaired) electrons. The summed E-state index contributed by atoms with van der Waals surface area (Å²) in [5, 5.41) is 11.6. The molecule has 0 saturated carbocycles. The van der Waals surface area contributed by atoms with Gasteiger partial charge in [-0.1, -0.05) is 156 Å². The number of unbranched alkanes of at least 4 members (excludes halogenated alkanes) is 12. The maximum Gasteiger partial charge on any atom is 0.306 e. The van der Waals surface area contributed by atoms with Crippen molar-refractivity contribution in [2.75, 3.05) is 41.0 Å². The van der Waals surface area contributed by atoms with E-state index in [0.29, 0.717) is 12.8 Å². The fraction of sp³-hybridized carbons (Fsp3) is 0.642. The van der Waals surface area contributed by atoms with Crippen molar-refractivity contribution in [2.24, 2.45) is 0 Å². The lowest BCUT2D eigenvalue weighted by Crippen LogP contribution is -2.55. The Hall–Kier alpha value is -3.75. The Morgan fingerprint density at radius 1 is 0.525 bits per heavy atom. The van der Waals surface area contributed by atoms with Crippen molar-refractivity contribution in [3.63, 3.8) is 0 Å². The Bertz CT molecular complexity index is 1310. The quantitative estimate of drug-likeness (QED) is 0.0198. The van der Waals surface area contributed by atoms with Gasteiger partial charge in [-0.3, -0.25) is 9.59 Å². The molecule has 0 spiro atoms. The largest absolute Gasteiger partial charge is 0.544 e. The lowest BCUT2D eigenvalue weighted by atomic mass is 10.1. The fourth-order valence-corrected chi connectivity index (χ4v) is 6.30. The van der Waals surface area contributed by atoms with Gasteiger partial charge in [-0.05, 0) is 89.9 Å². The number of aliphatic carboxylic acids is 1. The molecule has 61 heavy (non-hydrogen) atoms. The molecule has 0 rings (SSSR count). The normalized spacial score (nSPS) is 13.8. The van der Waals surface area contributed by atoms with E-state index in [1.807, 2.05) is 0 Å². The molecule has 2 unspecified atom stereocenters. The molecule has 0 fully saturated rings. The SMILES string of the molecule is CC/C=C/C/C=C/C/C=C/C/C=C/C/C=C/C/C=C/CCCCCC(=O)OCC(COCCC(C(=O)[O-])[N+](C)(C)C)OC(=O)CCCCCCCC/C=C/C=C/CCCCC. The first-order valence-corrected chi connectivity index (χ1v) is 23.8. The van der Waals surface area contributed by atoms with Gasteiger partial charge in [-0.2, -0.15) is 0 Å². The molecule has 0 bridgehead atoms. The van der Waals surface area contributed by atoms with Crippen molar-refractivity contribution >= 4 is 17.9 Å². The first-order valence-electron chi connectivity index (χ1n) is 23.8. The molecule has 0 aromatic carbocycles. The molecule has 0 aromatic rings. The number of nitrogens with zero attached hydrogens (tertiary/aromatic N) is 1. The number of likely N-dealkylation sites (N-methyl/N-ethyl adjacent to an activating group) is 1. The van der Waals surface area contributed by atoms with E-state index < -0.39 is 18.1 Å². The minimum absolute atomic E-state index is 0.0188. The number of carboxylic acids is 1. The lowest BCUT2D eigenvalue weighted by Gasteiger charge is -2.34. The van der Waals surface area contributed by atoms with Crippen molar-refractivity contribution in [3.05, 3.63) is 97.2 Å². The molecular formula is C53H87NO7. The van der Waals surface area contributed by atoms with E-state index in [0.717, 1.165) is 103 Å². The van der Waals surface area contributed by atoms with E-state index in [1.54, 1.807) is 21.1 Å². The number of hydrogen-bond donors (Lipinski definition) is 0. The number of carbonyl (C=O) groups excluding carboxylic acids is 3. The van der Waals surface area contributed by atoms with Crippen molar-refractivity contribution in [2.45, 2.75) is 180 Å². The molecule has 0 amide bonds. The Morgan fingerprint density at radius 2 is 0.967 bits per heavy atom. The highest BCUT2D eigenvalue weighted by molar-refractivity contribution is 5.70. The molecule has 346 valence electrons. The number of ether oxygens (including phenoxy) is 3. The average molecular weight is 850 g/mol. The van der Waals surface area contributed by atoms with Crippen LogP contribution in [0, 0.1) is 0 Å². The van der Waals surface area contributed by atoms with Gasteiger partial charge in [0.1, 0.15) is 12.6 Å². The van der Waals surface area contributed by atoms with Gasteiger partial charge >= 0.3 is 11.9 Å². The molecule has 0 aliphatic heterocycles. The van der Waals surface area contributed by atoms with Crippen LogP contribution in [0.2, 0.25) is 0 Å². The number of esters is 2. The third-order valence-corrected chi connectivity index (χ3v) is 9.98. The minimum atomic E-state index is -1.14. The average Bonchev–Trinajstić information content (AvgIpc) is 3.22. The molecule has 8 heteroatoms. The summed E-state index contributed by atoms with van der Waals surface area (Å²) < 4.78 is 17.1. The van der Waals surface area contributed by atoms with Crippen molar-refractivity contribution in [1.82, 2.24) is 0 Å². The molecule has 0 aliphatic carbocycles. The molecular weight excluding hydrogens is 763 g/mol. The Morgan fingerprint density at radius 3 is 1.48 bits per heavy atom. The second-order valence-electron chi connectivity index (χ2n) is 16.6. The molecule has 2 atom stereocenters. The first kappa shape index (κ1) is 57.2. The van der Waals surface area contributed by atoms with Crippen LogP contribution >= 0.6 is 0 Å². The smallest absolute Gasteiger partial charge is 0.306 e. The van der Waals surface area contributed by atoms with Crippen LogP contribution in [-0.4, -0.2) is 75.5 Å². The van der Waals surface area contributed by atoms with Gasteiger partial charge in [0.15, 0.2) is 6.10 Å². The number of carboxylic acid groups (broad SMARTS) is 1. The van der Waals surface area contributed by atoms with Gasteiger partial charge < -0.3 is 28.6 Å². The van der Waals surface area contributed by atoms with Crippen LogP contribution in [0.4, 0.5) is 0 Å². The Labute approximate surface area is 373 Å². The number of hydrogen-bond acceptors (Lipinski definition) is 7. The summed E-state index contributed by atoms with van der Waals surface area (Å²) in [6, 6.07) is -0.739. The highest BCUT2D eigenvalue weighted by Crippen LogP contribution is 2.12. The lowest BCUT2D eigenvalue weighted by molar-refractivity contribution is -0.889. The highest BCUT2D eigenvalue weighted by Gasteiger charge is 2.25. The van der Waals surface area contributed by atoms with Crippen LogP contribution < -0.4 is 5.11 Å². The molecule has 0 saturated heterocycles. The summed E-state index contributed by atoms with van der Waals surface area (Å²) in [4.78, 5) is 36.9. The van der Waals surface area contributed by atoms with E-state index in [-0.39, 0.29) is 42.7 Å². The summed E-state index contributed by atoms with van der Waals surface area (Å²) in [7, 11) is 5.38. The molecule has 0 N–H and O–H groups in total. The zero-order valence-electron chi connectivity index (χ0n) is 39.3. The Kier molecular flexibility index (Phi) is 40.3. The van der Waals surface area contributed by atoms with Crippen molar-refractivity contribution < 1.29 is 38.2 Å². The summed E-state index contributed by atoms with van der Waals surface area (Å²) in [6.45, 7) is 4.45. The molecule has 8 nitrogen and oxygen atoms in total. The highest BCUT2D eigenvalue weighted by atomic mass is 16.6. The number of allylic oxidation sites excluding steroid dienone is 16. The Balaban J connectivity index is 4.40. The monoisotopic (exact) mass is 850 g/mol. The van der Waals surface area contributed by atoms with Gasteiger partial charge in [0.2, 0.25) is 0 Å². The zero-order valence-corrected chi connectivity index (χ0v) is 39.3.